The summed E-state index contributed by atoms with van der Waals surface area (Å²) >= 11 is 1.38. The van der Waals surface area contributed by atoms with Crippen molar-refractivity contribution < 1.29 is 14.4 Å². The fourth-order valence-corrected chi connectivity index (χ4v) is 4.79. The molecule has 0 N–H and O–H groups in total. The van der Waals surface area contributed by atoms with Crippen molar-refractivity contribution >= 4 is 62.4 Å². The second-order valence-electron chi connectivity index (χ2n) is 7.49. The number of likely N-dealkylation sites (N-methyl/N-ethyl adjacent to an activating group) is 1. The first-order chi connectivity index (χ1) is 15.3. The Kier molecular flexibility index (Phi) is 5.88. The van der Waals surface area contributed by atoms with Crippen molar-refractivity contribution in [1.29, 1.82) is 0 Å². The van der Waals surface area contributed by atoms with E-state index < -0.39 is 5.97 Å². The number of aryl methyl sites for hydroxylation is 1. The minimum Gasteiger partial charge on any atom is -0.341 e. The molecule has 1 amide bonds. The van der Waals surface area contributed by atoms with Crippen molar-refractivity contribution in [2.45, 2.75) is 27.3 Å². The molecule has 0 spiro atoms. The number of aliphatic imine (C=N–C) groups is 1. The number of amides is 1. The molecule has 0 saturated carbocycles. The molecular weight excluding hydrogens is 424 g/mol. The minimum absolute atomic E-state index is 0.0497. The second-order valence-corrected chi connectivity index (χ2v) is 8.50. The normalized spacial score (nSPS) is 17.3. The van der Waals surface area contributed by atoms with E-state index >= 15 is 0 Å². The number of rotatable bonds is 4. The van der Waals surface area contributed by atoms with Gasteiger partial charge in [0.2, 0.25) is 0 Å². The van der Waals surface area contributed by atoms with Gasteiger partial charge in [0.05, 0.1) is 10.6 Å². The SMILES string of the molecule is CCn1c2ccc(C=C3SC(=NC)N(C)C3=O)cc2c2cc(C(C)=NOC(C)=O)ccc21. The van der Waals surface area contributed by atoms with E-state index in [1.54, 1.807) is 19.0 Å². The van der Waals surface area contributed by atoms with Gasteiger partial charge in [-0.3, -0.25) is 14.7 Å². The number of nitrogens with zero attached hydrogens (tertiary/aromatic N) is 4. The van der Waals surface area contributed by atoms with Gasteiger partial charge in [0.15, 0.2) is 5.17 Å². The van der Waals surface area contributed by atoms with Gasteiger partial charge in [-0.15, -0.1) is 0 Å². The lowest BCUT2D eigenvalue weighted by Crippen LogP contribution is -2.23. The highest BCUT2D eigenvalue weighted by Crippen LogP contribution is 2.34. The largest absolute Gasteiger partial charge is 0.341 e. The maximum absolute atomic E-state index is 12.5. The average Bonchev–Trinajstić information content (AvgIpc) is 3.25. The zero-order valence-electron chi connectivity index (χ0n) is 18.7. The van der Waals surface area contributed by atoms with Crippen LogP contribution in [0.3, 0.4) is 0 Å². The summed E-state index contributed by atoms with van der Waals surface area (Å²) < 4.78 is 2.26. The van der Waals surface area contributed by atoms with Gasteiger partial charge >= 0.3 is 5.97 Å². The van der Waals surface area contributed by atoms with Gasteiger partial charge in [0, 0.05) is 49.4 Å². The number of hydrogen-bond acceptors (Lipinski definition) is 6. The van der Waals surface area contributed by atoms with Gasteiger partial charge in [0.25, 0.3) is 5.91 Å². The molecule has 0 atom stereocenters. The van der Waals surface area contributed by atoms with Crippen LogP contribution in [-0.4, -0.2) is 46.3 Å². The molecule has 1 aliphatic heterocycles. The first-order valence-corrected chi connectivity index (χ1v) is 11.1. The third-order valence-electron chi connectivity index (χ3n) is 5.43. The Morgan fingerprint density at radius 3 is 2.44 bits per heavy atom. The second kappa shape index (κ2) is 8.63. The van der Waals surface area contributed by atoms with Crippen LogP contribution in [0, 0.1) is 0 Å². The van der Waals surface area contributed by atoms with Crippen molar-refractivity contribution in [2.24, 2.45) is 10.1 Å². The number of fused-ring (bicyclic) bond motifs is 3. The number of hydrogen-bond donors (Lipinski definition) is 0. The Morgan fingerprint density at radius 2 is 1.81 bits per heavy atom. The van der Waals surface area contributed by atoms with Gasteiger partial charge in [-0.2, -0.15) is 0 Å². The highest BCUT2D eigenvalue weighted by molar-refractivity contribution is 8.18. The molecule has 0 unspecified atom stereocenters. The van der Waals surface area contributed by atoms with Crippen molar-refractivity contribution in [2.75, 3.05) is 14.1 Å². The van der Waals surface area contributed by atoms with E-state index in [4.69, 9.17) is 4.84 Å². The summed E-state index contributed by atoms with van der Waals surface area (Å²) in [6, 6.07) is 12.3. The zero-order chi connectivity index (χ0) is 23.0. The quantitative estimate of drug-likeness (QED) is 0.252. The summed E-state index contributed by atoms with van der Waals surface area (Å²) in [5.41, 5.74) is 4.69. The summed E-state index contributed by atoms with van der Waals surface area (Å²) in [7, 11) is 3.42. The number of aromatic nitrogens is 1. The number of carbonyl (C=O) groups excluding carboxylic acids is 2. The van der Waals surface area contributed by atoms with E-state index in [9.17, 15) is 9.59 Å². The maximum atomic E-state index is 12.5. The lowest BCUT2D eigenvalue weighted by molar-refractivity contribution is -0.140. The molecule has 0 bridgehead atoms. The van der Waals surface area contributed by atoms with Crippen LogP contribution in [0.25, 0.3) is 27.9 Å². The topological polar surface area (TPSA) is 76.3 Å². The van der Waals surface area contributed by atoms with E-state index in [1.807, 2.05) is 25.1 Å². The van der Waals surface area contributed by atoms with Gasteiger partial charge in [-0.1, -0.05) is 17.3 Å². The Hall–Kier alpha value is -3.39. The van der Waals surface area contributed by atoms with Crippen molar-refractivity contribution in [3.63, 3.8) is 0 Å². The zero-order valence-corrected chi connectivity index (χ0v) is 19.5. The predicted molar refractivity (Wildman–Crippen MR) is 131 cm³/mol. The predicted octanol–water partition coefficient (Wildman–Crippen LogP) is 4.63. The monoisotopic (exact) mass is 448 g/mol. The first kappa shape index (κ1) is 21.8. The van der Waals surface area contributed by atoms with Gasteiger partial charge < -0.3 is 9.40 Å². The van der Waals surface area contributed by atoms with E-state index in [1.165, 1.54) is 18.7 Å². The van der Waals surface area contributed by atoms with Crippen LogP contribution in [0.15, 0.2) is 51.5 Å². The molecule has 4 rings (SSSR count). The highest BCUT2D eigenvalue weighted by atomic mass is 32.2. The van der Waals surface area contributed by atoms with Crippen molar-refractivity contribution in [3.8, 4) is 0 Å². The molecule has 7 nitrogen and oxygen atoms in total. The van der Waals surface area contributed by atoms with Crippen LogP contribution in [0.2, 0.25) is 0 Å². The molecule has 164 valence electrons. The standard InChI is InChI=1S/C24H24N4O3S/c1-6-28-20-9-7-16(12-22-23(30)27(5)24(25-4)32-22)11-18(20)19-13-17(8-10-21(19)28)14(2)26-31-15(3)29/h7-13H,6H2,1-5H3. The molecule has 1 aromatic heterocycles. The van der Waals surface area contributed by atoms with Crippen molar-refractivity contribution in [1.82, 2.24) is 9.47 Å². The molecule has 2 heterocycles. The van der Waals surface area contributed by atoms with Crippen LogP contribution in [0.1, 0.15) is 31.9 Å². The fourth-order valence-electron chi connectivity index (χ4n) is 3.86. The third-order valence-corrected chi connectivity index (χ3v) is 6.58. The lowest BCUT2D eigenvalue weighted by atomic mass is 10.0. The Balaban J connectivity index is 1.84. The number of carbonyl (C=O) groups is 2. The molecule has 1 aliphatic rings. The molecule has 1 fully saturated rings. The summed E-state index contributed by atoms with van der Waals surface area (Å²) in [6.45, 7) is 6.08. The van der Waals surface area contributed by atoms with Crippen LogP contribution < -0.4 is 0 Å². The smallest absolute Gasteiger partial charge is 0.331 e. The van der Waals surface area contributed by atoms with Crippen LogP contribution in [0.4, 0.5) is 0 Å². The Labute approximate surface area is 190 Å². The molecular formula is C24H24N4O3S. The molecule has 32 heavy (non-hydrogen) atoms. The van der Waals surface area contributed by atoms with E-state index in [0.717, 1.165) is 39.5 Å². The van der Waals surface area contributed by atoms with Crippen LogP contribution >= 0.6 is 11.8 Å². The molecule has 0 aliphatic carbocycles. The Morgan fingerprint density at radius 1 is 1.12 bits per heavy atom. The molecule has 8 heteroatoms. The number of benzene rings is 2. The fraction of sp³-hybridized carbons (Fsp3) is 0.250. The average molecular weight is 449 g/mol. The maximum Gasteiger partial charge on any atom is 0.331 e. The highest BCUT2D eigenvalue weighted by Gasteiger charge is 2.29. The van der Waals surface area contributed by atoms with Crippen LogP contribution in [0.5, 0.6) is 0 Å². The first-order valence-electron chi connectivity index (χ1n) is 10.3. The Bertz CT molecular complexity index is 1350. The van der Waals surface area contributed by atoms with E-state index in [-0.39, 0.29) is 5.91 Å². The van der Waals surface area contributed by atoms with E-state index in [2.05, 4.69) is 45.9 Å². The molecule has 0 radical (unpaired) electrons. The van der Waals surface area contributed by atoms with Gasteiger partial charge in [0.1, 0.15) is 0 Å². The third kappa shape index (κ3) is 3.82. The molecule has 2 aromatic carbocycles. The van der Waals surface area contributed by atoms with E-state index in [0.29, 0.717) is 15.8 Å². The summed E-state index contributed by atoms with van der Waals surface area (Å²) in [6.07, 6.45) is 1.91. The lowest BCUT2D eigenvalue weighted by Gasteiger charge is -2.05. The number of thioether (sulfide) groups is 1. The van der Waals surface area contributed by atoms with Crippen molar-refractivity contribution in [3.05, 3.63) is 52.4 Å². The minimum atomic E-state index is -0.452. The number of oxime groups is 1. The van der Waals surface area contributed by atoms with Crippen LogP contribution in [-0.2, 0) is 21.0 Å². The number of amidine groups is 1. The van der Waals surface area contributed by atoms with Gasteiger partial charge in [-0.25, -0.2) is 4.79 Å². The summed E-state index contributed by atoms with van der Waals surface area (Å²) in [5, 5.41) is 6.78. The summed E-state index contributed by atoms with van der Waals surface area (Å²) in [4.78, 5) is 34.8. The molecule has 3 aromatic rings. The molecule has 1 saturated heterocycles. The van der Waals surface area contributed by atoms with Gasteiger partial charge in [-0.05, 0) is 67.1 Å². The summed E-state index contributed by atoms with van der Waals surface area (Å²) in [5.74, 6) is -0.502.